The van der Waals surface area contributed by atoms with Crippen LogP contribution >= 0.6 is 24.2 Å². The van der Waals surface area contributed by atoms with E-state index in [1.807, 2.05) is 18.2 Å². The molecule has 2 N–H and O–H groups in total. The zero-order chi connectivity index (χ0) is 23.9. The highest BCUT2D eigenvalue weighted by Gasteiger charge is 2.32. The molecule has 1 heterocycles. The normalized spacial score (nSPS) is 18.4. The van der Waals surface area contributed by atoms with E-state index in [-0.39, 0.29) is 23.0 Å². The SMILES string of the molecule is CS.[B]C([B])([B])Nc1cc(OC)c(C(=O)NC2CCN(Cc3ccccc3)[C@H]2C)cc1Cl. The molecular weight excluding hydrogens is 438 g/mol. The second-order valence-electron chi connectivity index (χ2n) is 7.66. The van der Waals surface area contributed by atoms with Crippen molar-refractivity contribution in [2.75, 3.05) is 25.2 Å². The van der Waals surface area contributed by atoms with E-state index in [9.17, 15) is 4.79 Å². The first kappa shape index (κ1) is 26.6. The zero-order valence-electron chi connectivity index (χ0n) is 18.6. The summed E-state index contributed by atoms with van der Waals surface area (Å²) in [6.07, 6.45) is 2.56. The fourth-order valence-electron chi connectivity index (χ4n) is 3.71. The number of ether oxygens (including phenoxy) is 1. The van der Waals surface area contributed by atoms with Crippen LogP contribution < -0.4 is 15.4 Å². The number of hydrogen-bond acceptors (Lipinski definition) is 5. The van der Waals surface area contributed by atoms with Gasteiger partial charge in [-0.2, -0.15) is 12.6 Å². The molecule has 0 aliphatic carbocycles. The van der Waals surface area contributed by atoms with E-state index in [4.69, 9.17) is 39.9 Å². The van der Waals surface area contributed by atoms with Crippen LogP contribution in [-0.2, 0) is 6.54 Å². The lowest BCUT2D eigenvalue weighted by Crippen LogP contribution is -2.43. The van der Waals surface area contributed by atoms with Gasteiger partial charge in [-0.05, 0) is 31.2 Å². The lowest BCUT2D eigenvalue weighted by molar-refractivity contribution is 0.0924. The topological polar surface area (TPSA) is 53.6 Å². The first-order valence-electron chi connectivity index (χ1n) is 10.2. The number of thiol groups is 1. The lowest BCUT2D eigenvalue weighted by atomic mass is 9.49. The van der Waals surface area contributed by atoms with Crippen molar-refractivity contribution in [2.24, 2.45) is 0 Å². The molecule has 32 heavy (non-hydrogen) atoms. The Bertz CT molecular complexity index is 900. The van der Waals surface area contributed by atoms with Crippen molar-refractivity contribution in [2.45, 2.75) is 37.2 Å². The van der Waals surface area contributed by atoms with Gasteiger partial charge in [0.25, 0.3) is 5.91 Å². The van der Waals surface area contributed by atoms with Crippen LogP contribution in [0, 0.1) is 0 Å². The van der Waals surface area contributed by atoms with Gasteiger partial charge in [0.15, 0.2) is 0 Å². The average molecular weight is 465 g/mol. The number of halogens is 1. The molecule has 2 atom stereocenters. The van der Waals surface area contributed by atoms with Gasteiger partial charge in [-0.25, -0.2) is 0 Å². The van der Waals surface area contributed by atoms with E-state index in [2.05, 4.69) is 47.2 Å². The Hall–Kier alpha value is -1.70. The summed E-state index contributed by atoms with van der Waals surface area (Å²) < 4.78 is 5.38. The third-order valence-corrected chi connectivity index (χ3v) is 5.63. The summed E-state index contributed by atoms with van der Waals surface area (Å²) in [5.74, 6) is 0.0914. The molecule has 10 heteroatoms. The van der Waals surface area contributed by atoms with Crippen LogP contribution in [0.4, 0.5) is 5.69 Å². The Morgan fingerprint density at radius 3 is 2.50 bits per heavy atom. The van der Waals surface area contributed by atoms with Gasteiger partial charge in [0.1, 0.15) is 5.75 Å². The summed E-state index contributed by atoms with van der Waals surface area (Å²) in [6.45, 7) is 3.89. The van der Waals surface area contributed by atoms with Crippen LogP contribution in [0.3, 0.4) is 0 Å². The highest BCUT2D eigenvalue weighted by atomic mass is 35.5. The second kappa shape index (κ2) is 12.0. The van der Waals surface area contributed by atoms with Gasteiger partial charge >= 0.3 is 0 Å². The first-order chi connectivity index (χ1) is 15.2. The van der Waals surface area contributed by atoms with Crippen LogP contribution in [-0.4, -0.2) is 71.6 Å². The van der Waals surface area contributed by atoms with Gasteiger partial charge in [-0.15, -0.1) is 0 Å². The number of hydrogen-bond donors (Lipinski definition) is 3. The van der Waals surface area contributed by atoms with E-state index >= 15 is 0 Å². The lowest BCUT2D eigenvalue weighted by Gasteiger charge is -2.26. The Labute approximate surface area is 205 Å². The number of nitrogens with one attached hydrogen (secondary N) is 2. The number of carbonyl (C=O) groups excluding carboxylic acids is 1. The summed E-state index contributed by atoms with van der Waals surface area (Å²) in [7, 11) is 18.2. The molecule has 164 valence electrons. The van der Waals surface area contributed by atoms with Crippen LogP contribution in [0.5, 0.6) is 5.75 Å². The average Bonchev–Trinajstić information content (AvgIpc) is 3.09. The maximum atomic E-state index is 13.0. The number of carbonyl (C=O) groups is 1. The van der Waals surface area contributed by atoms with E-state index in [1.165, 1.54) is 18.7 Å². The largest absolute Gasteiger partial charge is 0.496 e. The number of benzene rings is 2. The summed E-state index contributed by atoms with van der Waals surface area (Å²) >= 11 is 9.82. The summed E-state index contributed by atoms with van der Waals surface area (Å²) in [6, 6.07) is 13.6. The molecule has 5 nitrogen and oxygen atoms in total. The minimum absolute atomic E-state index is 0.0206. The fourth-order valence-corrected chi connectivity index (χ4v) is 3.92. The molecule has 1 unspecified atom stereocenters. The molecule has 0 saturated carbocycles. The minimum atomic E-state index is -1.65. The van der Waals surface area contributed by atoms with E-state index in [1.54, 1.807) is 12.3 Å². The summed E-state index contributed by atoms with van der Waals surface area (Å²) in [5, 5.41) is 4.41. The smallest absolute Gasteiger partial charge is 0.255 e. The second-order valence-corrected chi connectivity index (χ2v) is 8.06. The van der Waals surface area contributed by atoms with Crippen molar-refractivity contribution in [3.63, 3.8) is 0 Å². The maximum absolute atomic E-state index is 13.0. The number of amides is 1. The van der Waals surface area contributed by atoms with Crippen molar-refractivity contribution in [3.8, 4) is 5.75 Å². The molecule has 1 saturated heterocycles. The van der Waals surface area contributed by atoms with Crippen molar-refractivity contribution in [1.29, 1.82) is 0 Å². The van der Waals surface area contributed by atoms with Gasteiger partial charge in [-0.1, -0.05) is 47.2 Å². The molecule has 1 aliphatic heterocycles. The third-order valence-electron chi connectivity index (χ3n) is 5.32. The summed E-state index contributed by atoms with van der Waals surface area (Å²) in [5.41, 5.74) is 1.96. The number of nitrogens with zero attached hydrogens (tertiary/aromatic N) is 1. The van der Waals surface area contributed by atoms with Crippen molar-refractivity contribution < 1.29 is 9.53 Å². The van der Waals surface area contributed by atoms with Crippen molar-refractivity contribution in [1.82, 2.24) is 10.2 Å². The molecule has 2 aromatic rings. The quantitative estimate of drug-likeness (QED) is 0.435. The number of anilines is 1. The number of methoxy groups -OCH3 is 1. The van der Waals surface area contributed by atoms with Crippen LogP contribution in [0.25, 0.3) is 0 Å². The predicted octanol–water partition coefficient (Wildman–Crippen LogP) is 2.82. The number of rotatable bonds is 7. The molecule has 2 aromatic carbocycles. The first-order valence-corrected chi connectivity index (χ1v) is 11.5. The fraction of sp³-hybridized carbons (Fsp3) is 0.409. The van der Waals surface area contributed by atoms with E-state index < -0.39 is 5.24 Å². The molecule has 6 radical (unpaired) electrons. The van der Waals surface area contributed by atoms with Crippen LogP contribution in [0.2, 0.25) is 5.02 Å². The highest BCUT2D eigenvalue weighted by Crippen LogP contribution is 2.32. The van der Waals surface area contributed by atoms with Gasteiger partial charge in [0.05, 0.1) is 46.9 Å². The van der Waals surface area contributed by atoms with Crippen LogP contribution in [0.1, 0.15) is 29.3 Å². The Balaban J connectivity index is 0.00000176. The van der Waals surface area contributed by atoms with Crippen molar-refractivity contribution in [3.05, 3.63) is 58.6 Å². The number of likely N-dealkylation sites (tertiary alicyclic amines) is 1. The van der Waals surface area contributed by atoms with Gasteiger partial charge < -0.3 is 15.4 Å². The molecule has 0 bridgehead atoms. The molecule has 0 aromatic heterocycles. The minimum Gasteiger partial charge on any atom is -0.496 e. The third kappa shape index (κ3) is 7.16. The highest BCUT2D eigenvalue weighted by molar-refractivity contribution is 7.79. The summed E-state index contributed by atoms with van der Waals surface area (Å²) in [4.78, 5) is 15.3. The van der Waals surface area contributed by atoms with Gasteiger partial charge in [0, 0.05) is 31.2 Å². The molecule has 1 fully saturated rings. The molecule has 3 rings (SSSR count). The molecule has 1 aliphatic rings. The standard InChI is InChI=1S/C21H23B3ClN3O2.CH4S/c1-13-17(8-9-28(13)12-14-6-4-3-5-7-14)26-20(29)15-10-16(25)18(11-19(15)30-2)27-21(22,23)24;1-2/h3-7,10-11,13,17,27H,8-9,12H2,1-2H3,(H,26,29);2H,1H3/t13-,17?;/m0./s1. The molecule has 0 spiro atoms. The maximum Gasteiger partial charge on any atom is 0.255 e. The van der Waals surface area contributed by atoms with E-state index in [0.717, 1.165) is 19.5 Å². The Kier molecular flexibility index (Phi) is 9.93. The van der Waals surface area contributed by atoms with E-state index in [0.29, 0.717) is 17.0 Å². The Morgan fingerprint density at radius 2 is 1.91 bits per heavy atom. The van der Waals surface area contributed by atoms with Gasteiger partial charge in [0.2, 0.25) is 0 Å². The molecular formula is C22H27B3ClN3O2S. The monoisotopic (exact) mass is 465 g/mol. The zero-order valence-corrected chi connectivity index (χ0v) is 20.3. The Morgan fingerprint density at radius 1 is 1.25 bits per heavy atom. The predicted molar refractivity (Wildman–Crippen MR) is 139 cm³/mol. The van der Waals surface area contributed by atoms with Crippen molar-refractivity contribution >= 4 is 59.4 Å². The van der Waals surface area contributed by atoms with Gasteiger partial charge in [-0.3, -0.25) is 9.69 Å². The molecule has 1 amide bonds. The van der Waals surface area contributed by atoms with Crippen LogP contribution in [0.15, 0.2) is 42.5 Å².